The number of carbonyl (C=O) groups excluding carboxylic acids is 2. The number of rotatable bonds is 13. The van der Waals surface area contributed by atoms with E-state index < -0.39 is 9.84 Å². The lowest BCUT2D eigenvalue weighted by Crippen LogP contribution is -2.11. The first-order valence-corrected chi connectivity index (χ1v) is 15.1. The monoisotopic (exact) mass is 569 g/mol. The van der Waals surface area contributed by atoms with Gasteiger partial charge in [-0.3, -0.25) is 9.59 Å². The van der Waals surface area contributed by atoms with Crippen molar-refractivity contribution >= 4 is 27.1 Å². The van der Waals surface area contributed by atoms with Crippen LogP contribution in [0.2, 0.25) is 0 Å². The van der Waals surface area contributed by atoms with Gasteiger partial charge in [-0.05, 0) is 59.0 Å². The first-order valence-electron chi connectivity index (χ1n) is 13.5. The van der Waals surface area contributed by atoms with Crippen molar-refractivity contribution < 1.29 is 22.7 Å². The van der Waals surface area contributed by atoms with Crippen LogP contribution in [0.3, 0.4) is 0 Å². The summed E-state index contributed by atoms with van der Waals surface area (Å²) in [7, 11) is 1.49. The molecule has 0 fully saturated rings. The minimum absolute atomic E-state index is 0.0202. The molecule has 0 aromatic heterocycles. The van der Waals surface area contributed by atoms with Crippen molar-refractivity contribution in [3.63, 3.8) is 0 Å². The van der Waals surface area contributed by atoms with E-state index in [0.717, 1.165) is 22.4 Å². The number of sulfone groups is 1. The van der Waals surface area contributed by atoms with Crippen LogP contribution in [0, 0.1) is 0 Å². The first kappa shape index (κ1) is 29.7. The summed E-state index contributed by atoms with van der Waals surface area (Å²) in [6.07, 6.45) is 1.35. The zero-order valence-electron chi connectivity index (χ0n) is 23.7. The van der Waals surface area contributed by atoms with Crippen LogP contribution in [0.25, 0.3) is 0 Å². The highest BCUT2D eigenvalue weighted by Crippen LogP contribution is 2.29. The molecule has 0 amide bonds. The molecule has 0 heterocycles. The molecule has 0 bridgehead atoms. The lowest BCUT2D eigenvalue weighted by atomic mass is 10.0. The molecule has 212 valence electrons. The van der Waals surface area contributed by atoms with Gasteiger partial charge in [0.1, 0.15) is 16.4 Å². The molecule has 0 aliphatic carbocycles. The van der Waals surface area contributed by atoms with Crippen LogP contribution in [-0.2, 0) is 39.6 Å². The quantitative estimate of drug-likeness (QED) is 0.186. The highest BCUT2D eigenvalue weighted by Gasteiger charge is 2.23. The van der Waals surface area contributed by atoms with Gasteiger partial charge in [0.25, 0.3) is 0 Å². The molecule has 41 heavy (non-hydrogen) atoms. The third-order valence-electron chi connectivity index (χ3n) is 6.91. The van der Waals surface area contributed by atoms with Gasteiger partial charge in [-0.2, -0.15) is 0 Å². The number of hydrogen-bond acceptors (Lipinski definition) is 6. The van der Waals surface area contributed by atoms with Gasteiger partial charge in [-0.1, -0.05) is 66.7 Å². The Morgan fingerprint density at radius 1 is 0.732 bits per heavy atom. The topological polar surface area (TPSA) is 80.8 Å². The summed E-state index contributed by atoms with van der Waals surface area (Å²) in [5.74, 6) is -0.175. The Labute approximate surface area is 242 Å². The second kappa shape index (κ2) is 13.4. The van der Waals surface area contributed by atoms with Crippen LogP contribution in [0.4, 0.5) is 5.69 Å². The summed E-state index contributed by atoms with van der Waals surface area (Å²) in [4.78, 5) is 27.7. The van der Waals surface area contributed by atoms with Crippen LogP contribution >= 0.6 is 0 Å². The van der Waals surface area contributed by atoms with Gasteiger partial charge in [0.05, 0.1) is 12.9 Å². The SMILES string of the molecule is COc1ccc(C(=O)CCc2ccccc2)cc1S(=O)(=O)Cc1cccc(CC(=O)Cc2ccc(N(C)C)cc2)c1. The average Bonchev–Trinajstić information content (AvgIpc) is 2.96. The molecular formula is C34H35NO5S. The van der Waals surface area contributed by atoms with Gasteiger partial charge in [-0.25, -0.2) is 8.42 Å². The number of nitrogens with zero attached hydrogens (tertiary/aromatic N) is 1. The Bertz CT molecular complexity index is 1610. The molecule has 0 atom stereocenters. The fraction of sp³-hybridized carbons (Fsp3) is 0.235. The third-order valence-corrected chi connectivity index (χ3v) is 8.61. The van der Waals surface area contributed by atoms with Crippen molar-refractivity contribution in [3.05, 3.63) is 125 Å². The van der Waals surface area contributed by atoms with E-state index in [2.05, 4.69) is 0 Å². The van der Waals surface area contributed by atoms with Crippen molar-refractivity contribution in [2.75, 3.05) is 26.1 Å². The van der Waals surface area contributed by atoms with E-state index in [4.69, 9.17) is 4.74 Å². The maximum Gasteiger partial charge on any atom is 0.186 e. The molecule has 0 aliphatic rings. The van der Waals surface area contributed by atoms with Gasteiger partial charge < -0.3 is 9.64 Å². The molecule has 4 aromatic rings. The number of aryl methyl sites for hydroxylation is 1. The minimum Gasteiger partial charge on any atom is -0.495 e. The first-order chi connectivity index (χ1) is 19.6. The molecule has 0 saturated heterocycles. The smallest absolute Gasteiger partial charge is 0.186 e. The Morgan fingerprint density at radius 3 is 2.07 bits per heavy atom. The highest BCUT2D eigenvalue weighted by molar-refractivity contribution is 7.90. The molecule has 0 spiro atoms. The molecule has 0 radical (unpaired) electrons. The molecule has 0 aliphatic heterocycles. The van der Waals surface area contributed by atoms with Gasteiger partial charge in [-0.15, -0.1) is 0 Å². The number of benzene rings is 4. The molecule has 0 unspecified atom stereocenters. The molecular weight excluding hydrogens is 534 g/mol. The number of Topliss-reactive ketones (excluding diaryl/α,β-unsaturated/α-hetero) is 2. The van der Waals surface area contributed by atoms with Crippen molar-refractivity contribution in [2.24, 2.45) is 0 Å². The predicted octanol–water partition coefficient (Wildman–Crippen LogP) is 5.90. The van der Waals surface area contributed by atoms with Crippen LogP contribution in [-0.4, -0.2) is 41.2 Å². The Hall–Kier alpha value is -4.23. The van der Waals surface area contributed by atoms with E-state index >= 15 is 0 Å². The maximum atomic E-state index is 13.5. The van der Waals surface area contributed by atoms with Gasteiger partial charge in [0, 0.05) is 44.6 Å². The molecule has 6 nitrogen and oxygen atoms in total. The fourth-order valence-electron chi connectivity index (χ4n) is 4.70. The van der Waals surface area contributed by atoms with Crippen molar-refractivity contribution in [1.82, 2.24) is 0 Å². The van der Waals surface area contributed by atoms with Crippen LogP contribution < -0.4 is 9.64 Å². The number of ether oxygens (including phenoxy) is 1. The Kier molecular flexibility index (Phi) is 9.73. The van der Waals surface area contributed by atoms with E-state index in [-0.39, 0.29) is 40.8 Å². The maximum absolute atomic E-state index is 13.5. The summed E-state index contributed by atoms with van der Waals surface area (Å²) >= 11 is 0. The average molecular weight is 570 g/mol. The van der Waals surface area contributed by atoms with Crippen LogP contribution in [0.5, 0.6) is 5.75 Å². The zero-order chi connectivity index (χ0) is 29.4. The summed E-state index contributed by atoms with van der Waals surface area (Å²) < 4.78 is 32.4. The fourth-order valence-corrected chi connectivity index (χ4v) is 6.23. The molecule has 0 saturated carbocycles. The summed E-state index contributed by atoms with van der Waals surface area (Å²) in [5.41, 5.74) is 4.69. The second-order valence-corrected chi connectivity index (χ2v) is 12.3. The minimum atomic E-state index is -3.85. The van der Waals surface area contributed by atoms with Gasteiger partial charge >= 0.3 is 0 Å². The molecule has 0 N–H and O–H groups in total. The predicted molar refractivity (Wildman–Crippen MR) is 163 cm³/mol. The second-order valence-electron chi connectivity index (χ2n) is 10.3. The zero-order valence-corrected chi connectivity index (χ0v) is 24.5. The van der Waals surface area contributed by atoms with Crippen LogP contribution in [0.15, 0.2) is 102 Å². The van der Waals surface area contributed by atoms with Gasteiger partial charge in [0.15, 0.2) is 15.6 Å². The lowest BCUT2D eigenvalue weighted by molar-refractivity contribution is -0.117. The van der Waals surface area contributed by atoms with Crippen molar-refractivity contribution in [1.29, 1.82) is 0 Å². The van der Waals surface area contributed by atoms with Crippen LogP contribution in [0.1, 0.15) is 39.0 Å². The van der Waals surface area contributed by atoms with E-state index in [9.17, 15) is 18.0 Å². The van der Waals surface area contributed by atoms with E-state index in [1.807, 2.05) is 79.7 Å². The summed E-state index contributed by atoms with van der Waals surface area (Å²) in [6.45, 7) is 0. The van der Waals surface area contributed by atoms with E-state index in [1.165, 1.54) is 19.2 Å². The largest absolute Gasteiger partial charge is 0.495 e. The van der Waals surface area contributed by atoms with E-state index in [0.29, 0.717) is 24.0 Å². The van der Waals surface area contributed by atoms with E-state index in [1.54, 1.807) is 24.3 Å². The number of anilines is 1. The van der Waals surface area contributed by atoms with Gasteiger partial charge in [0.2, 0.25) is 0 Å². The highest BCUT2D eigenvalue weighted by atomic mass is 32.2. The number of methoxy groups -OCH3 is 1. The molecule has 4 aromatic carbocycles. The Morgan fingerprint density at radius 2 is 1.39 bits per heavy atom. The third kappa shape index (κ3) is 8.14. The molecule has 4 rings (SSSR count). The number of hydrogen-bond donors (Lipinski definition) is 0. The lowest BCUT2D eigenvalue weighted by Gasteiger charge is -2.13. The van der Waals surface area contributed by atoms with Crippen molar-refractivity contribution in [2.45, 2.75) is 36.3 Å². The molecule has 7 heteroatoms. The number of ketones is 2. The summed E-state index contributed by atoms with van der Waals surface area (Å²) in [5, 5.41) is 0. The summed E-state index contributed by atoms with van der Waals surface area (Å²) in [6, 6.07) is 29.2. The standard InChI is InChI=1S/C34H35NO5S/c1-35(2)30-16-12-26(13-17-30)21-31(36)22-27-10-7-11-28(20-27)24-41(38,39)34-23-29(15-19-33(34)40-3)32(37)18-14-25-8-5-4-6-9-25/h4-13,15-17,19-20,23H,14,18,21-22,24H2,1-3H3. The number of carbonyl (C=O) groups is 2. The normalized spacial score (nSPS) is 11.2. The Balaban J connectivity index is 1.45. The van der Waals surface area contributed by atoms with Crippen molar-refractivity contribution in [3.8, 4) is 5.75 Å².